The highest BCUT2D eigenvalue weighted by molar-refractivity contribution is 7.19. The quantitative estimate of drug-likeness (QED) is 0.427. The van der Waals surface area contributed by atoms with E-state index in [1.807, 2.05) is 68.1 Å². The molecule has 0 atom stereocenters. The Kier molecular flexibility index (Phi) is 6.25. The van der Waals surface area contributed by atoms with E-state index < -0.39 is 0 Å². The van der Waals surface area contributed by atoms with Crippen LogP contribution in [0.15, 0.2) is 53.3 Å². The van der Waals surface area contributed by atoms with Gasteiger partial charge in [-0.05, 0) is 49.6 Å². The minimum atomic E-state index is -0.207. The average molecular weight is 490 g/mol. The zero-order chi connectivity index (χ0) is 24.5. The van der Waals surface area contributed by atoms with Crippen molar-refractivity contribution in [2.24, 2.45) is 0 Å². The predicted octanol–water partition coefficient (Wildman–Crippen LogP) is 3.47. The van der Waals surface area contributed by atoms with Crippen molar-refractivity contribution in [3.05, 3.63) is 75.6 Å². The Morgan fingerprint density at radius 2 is 1.74 bits per heavy atom. The highest BCUT2D eigenvalue weighted by Crippen LogP contribution is 2.27. The summed E-state index contributed by atoms with van der Waals surface area (Å²) < 4.78 is 7.07. The molecule has 0 spiro atoms. The van der Waals surface area contributed by atoms with Crippen LogP contribution in [-0.2, 0) is 4.79 Å². The number of fused-ring (bicyclic) bond motifs is 1. The fraction of sp³-hybridized carbons (Fsp3) is 0.308. The van der Waals surface area contributed by atoms with E-state index in [2.05, 4.69) is 5.10 Å². The van der Waals surface area contributed by atoms with Gasteiger partial charge in [0.25, 0.3) is 11.5 Å². The lowest BCUT2D eigenvalue weighted by molar-refractivity contribution is -0.133. The van der Waals surface area contributed by atoms with Gasteiger partial charge in [0.15, 0.2) is 6.61 Å². The van der Waals surface area contributed by atoms with Crippen LogP contribution in [0.25, 0.3) is 15.5 Å². The number of carbonyl (C=O) groups excluding carboxylic acids is 1. The van der Waals surface area contributed by atoms with Gasteiger partial charge in [0.05, 0.1) is 0 Å². The van der Waals surface area contributed by atoms with Crippen molar-refractivity contribution in [3.8, 4) is 16.3 Å². The number of nitrogens with zero attached hydrogens (tertiary/aromatic N) is 5. The van der Waals surface area contributed by atoms with Crippen molar-refractivity contribution < 1.29 is 9.53 Å². The second-order valence-electron chi connectivity index (χ2n) is 8.77. The Bertz CT molecular complexity index is 1450. The molecule has 2 aromatic carbocycles. The third-order valence-electron chi connectivity index (χ3n) is 6.40. The van der Waals surface area contributed by atoms with E-state index in [0.717, 1.165) is 21.7 Å². The molecule has 1 aliphatic rings. The normalized spacial score (nSPS) is 13.9. The molecule has 35 heavy (non-hydrogen) atoms. The van der Waals surface area contributed by atoms with Crippen molar-refractivity contribution >= 4 is 28.0 Å². The van der Waals surface area contributed by atoms with Crippen LogP contribution >= 0.6 is 11.3 Å². The topological polar surface area (TPSA) is 80.0 Å². The summed E-state index contributed by atoms with van der Waals surface area (Å²) in [7, 11) is 0. The molecule has 8 nitrogen and oxygen atoms in total. The molecule has 9 heteroatoms. The van der Waals surface area contributed by atoms with Gasteiger partial charge in [-0.3, -0.25) is 9.59 Å². The van der Waals surface area contributed by atoms with Crippen LogP contribution in [0.3, 0.4) is 0 Å². The van der Waals surface area contributed by atoms with Crippen molar-refractivity contribution in [2.45, 2.75) is 20.8 Å². The van der Waals surface area contributed by atoms with Crippen molar-refractivity contribution in [3.63, 3.8) is 0 Å². The number of anilines is 1. The van der Waals surface area contributed by atoms with Crippen LogP contribution in [0.2, 0.25) is 0 Å². The lowest BCUT2D eigenvalue weighted by Gasteiger charge is -2.35. The molecule has 0 unspecified atom stereocenters. The van der Waals surface area contributed by atoms with Gasteiger partial charge < -0.3 is 14.5 Å². The predicted molar refractivity (Wildman–Crippen MR) is 138 cm³/mol. The molecule has 4 aromatic rings. The number of carbonyl (C=O) groups is 1. The first-order valence-corrected chi connectivity index (χ1v) is 12.4. The molecular formula is C26H27N5O3S. The first-order chi connectivity index (χ1) is 16.9. The van der Waals surface area contributed by atoms with Gasteiger partial charge in [-0.2, -0.15) is 9.61 Å². The summed E-state index contributed by atoms with van der Waals surface area (Å²) in [6.07, 6.45) is 0. The van der Waals surface area contributed by atoms with Crippen LogP contribution in [0, 0.1) is 20.8 Å². The molecule has 0 N–H and O–H groups in total. The molecule has 1 amide bonds. The van der Waals surface area contributed by atoms with E-state index in [9.17, 15) is 9.59 Å². The van der Waals surface area contributed by atoms with Gasteiger partial charge in [-0.1, -0.05) is 41.7 Å². The number of piperazine rings is 1. The number of hydrogen-bond donors (Lipinski definition) is 0. The summed E-state index contributed by atoms with van der Waals surface area (Å²) in [5, 5.41) is 5.26. The van der Waals surface area contributed by atoms with E-state index in [1.165, 1.54) is 27.5 Å². The van der Waals surface area contributed by atoms with Crippen molar-refractivity contribution in [1.29, 1.82) is 0 Å². The second kappa shape index (κ2) is 9.50. The monoisotopic (exact) mass is 489 g/mol. The van der Waals surface area contributed by atoms with Crippen molar-refractivity contribution in [1.82, 2.24) is 19.5 Å². The average Bonchev–Trinajstić information content (AvgIpc) is 3.29. The summed E-state index contributed by atoms with van der Waals surface area (Å²) in [5.74, 6) is 1.28. The fourth-order valence-corrected chi connectivity index (χ4v) is 5.10. The van der Waals surface area contributed by atoms with E-state index in [4.69, 9.17) is 9.72 Å². The summed E-state index contributed by atoms with van der Waals surface area (Å²) in [5.41, 5.74) is 4.22. The molecule has 1 fully saturated rings. The fourth-order valence-electron chi connectivity index (χ4n) is 4.11. The molecule has 2 aromatic heterocycles. The number of amides is 1. The zero-order valence-electron chi connectivity index (χ0n) is 20.0. The van der Waals surface area contributed by atoms with Crippen LogP contribution in [0.4, 0.5) is 5.82 Å². The van der Waals surface area contributed by atoms with Gasteiger partial charge in [-0.25, -0.2) is 4.98 Å². The third kappa shape index (κ3) is 4.77. The van der Waals surface area contributed by atoms with Crippen LogP contribution < -0.4 is 15.2 Å². The number of benzene rings is 2. The maximum Gasteiger partial charge on any atom is 0.277 e. The molecule has 0 saturated carbocycles. The van der Waals surface area contributed by atoms with Crippen LogP contribution in [-0.4, -0.2) is 58.2 Å². The molecule has 180 valence electrons. The number of aromatic nitrogens is 3. The first kappa shape index (κ1) is 23.0. The summed E-state index contributed by atoms with van der Waals surface area (Å²) >= 11 is 1.40. The van der Waals surface area contributed by atoms with Gasteiger partial charge >= 0.3 is 0 Å². The smallest absolute Gasteiger partial charge is 0.277 e. The van der Waals surface area contributed by atoms with Crippen LogP contribution in [0.1, 0.15) is 16.7 Å². The molecule has 3 heterocycles. The van der Waals surface area contributed by atoms with Gasteiger partial charge in [0.1, 0.15) is 16.6 Å². The minimum absolute atomic E-state index is 0.0105. The number of aryl methyl sites for hydroxylation is 3. The Balaban J connectivity index is 1.24. The van der Waals surface area contributed by atoms with Gasteiger partial charge in [-0.15, -0.1) is 0 Å². The Morgan fingerprint density at radius 3 is 2.49 bits per heavy atom. The summed E-state index contributed by atoms with van der Waals surface area (Å²) in [4.78, 5) is 34.6. The summed E-state index contributed by atoms with van der Waals surface area (Å²) in [6, 6.07) is 15.3. The van der Waals surface area contributed by atoms with Gasteiger partial charge in [0.2, 0.25) is 4.96 Å². The van der Waals surface area contributed by atoms with Gasteiger partial charge in [0, 0.05) is 37.8 Å². The lowest BCUT2D eigenvalue weighted by atomic mass is 10.1. The largest absolute Gasteiger partial charge is 0.484 e. The van der Waals surface area contributed by atoms with Crippen LogP contribution in [0.5, 0.6) is 5.75 Å². The van der Waals surface area contributed by atoms with E-state index in [1.54, 1.807) is 4.90 Å². The third-order valence-corrected chi connectivity index (χ3v) is 7.35. The minimum Gasteiger partial charge on any atom is -0.484 e. The Hall–Kier alpha value is -3.72. The Morgan fingerprint density at radius 1 is 0.971 bits per heavy atom. The molecule has 0 aliphatic carbocycles. The number of ether oxygens (including phenoxy) is 1. The van der Waals surface area contributed by atoms with E-state index in [-0.39, 0.29) is 18.1 Å². The molecule has 1 aliphatic heterocycles. The number of rotatable bonds is 5. The Labute approximate surface area is 207 Å². The number of hydrogen-bond acceptors (Lipinski definition) is 7. The second-order valence-corrected chi connectivity index (χ2v) is 9.73. The molecule has 0 radical (unpaired) electrons. The lowest BCUT2D eigenvalue weighted by Crippen LogP contribution is -2.50. The van der Waals surface area contributed by atoms with E-state index >= 15 is 0 Å². The zero-order valence-corrected chi connectivity index (χ0v) is 20.8. The first-order valence-electron chi connectivity index (χ1n) is 11.6. The maximum absolute atomic E-state index is 12.8. The molecule has 5 rings (SSSR count). The highest BCUT2D eigenvalue weighted by atomic mass is 32.1. The molecule has 0 bridgehead atoms. The maximum atomic E-state index is 12.8. The highest BCUT2D eigenvalue weighted by Gasteiger charge is 2.23. The van der Waals surface area contributed by atoms with Crippen molar-refractivity contribution in [2.75, 3.05) is 37.7 Å². The SMILES string of the molecule is Cc1ccc(OCC(=O)N2CCN(c3cc(=O)n4nc(-c5ccccc5C)sc4n3)CC2)cc1C. The summed E-state index contributed by atoms with van der Waals surface area (Å²) in [6.45, 7) is 8.40. The molecular weight excluding hydrogens is 462 g/mol. The standard InChI is InChI=1S/C26H27N5O3S/c1-17-8-9-20(14-19(17)3)34-16-24(33)30-12-10-29(11-13-30)22-15-23(32)31-26(27-22)35-25(28-31)21-7-5-4-6-18(21)2/h4-9,14-15H,10-13,16H2,1-3H3. The van der Waals surface area contributed by atoms with E-state index in [0.29, 0.717) is 42.7 Å². The molecule has 1 saturated heterocycles.